The molecule has 0 radical (unpaired) electrons. The standard InChI is InChI=1S/C15H13ClFN3O4S/c16-4-8-7-25-13(19-8)11-2-1-9(3-12(11)17)20-6-10(24-15(20)23)5-18-14(21)22/h1-3,7,10,18H,4-6H2,(H,21,22)/t10-/m0/s1. The summed E-state index contributed by atoms with van der Waals surface area (Å²) >= 11 is 6.99. The van der Waals surface area contributed by atoms with Crippen LogP contribution in [0.4, 0.5) is 19.7 Å². The van der Waals surface area contributed by atoms with Crippen molar-refractivity contribution in [2.24, 2.45) is 0 Å². The molecule has 1 atom stereocenters. The quantitative estimate of drug-likeness (QED) is 0.770. The number of amides is 2. The molecule has 10 heteroatoms. The first-order chi connectivity index (χ1) is 12.0. The number of hydrogen-bond acceptors (Lipinski definition) is 5. The number of nitrogens with zero attached hydrogens (tertiary/aromatic N) is 2. The van der Waals surface area contributed by atoms with Gasteiger partial charge in [-0.1, -0.05) is 0 Å². The fourth-order valence-electron chi connectivity index (χ4n) is 2.38. The normalized spacial score (nSPS) is 16.8. The number of carboxylic acid groups (broad SMARTS) is 1. The number of halogens is 2. The smallest absolute Gasteiger partial charge is 0.414 e. The molecule has 132 valence electrons. The molecule has 0 aliphatic carbocycles. The number of cyclic esters (lactones) is 1. The van der Waals surface area contributed by atoms with Crippen LogP contribution in [0.3, 0.4) is 0 Å². The Morgan fingerprint density at radius 3 is 3.00 bits per heavy atom. The highest BCUT2D eigenvalue weighted by atomic mass is 35.5. The van der Waals surface area contributed by atoms with Gasteiger partial charge in [0.15, 0.2) is 0 Å². The van der Waals surface area contributed by atoms with Crippen molar-refractivity contribution < 1.29 is 23.8 Å². The Morgan fingerprint density at radius 2 is 2.36 bits per heavy atom. The van der Waals surface area contributed by atoms with Gasteiger partial charge in [0, 0.05) is 10.9 Å². The van der Waals surface area contributed by atoms with Crippen LogP contribution in [0.5, 0.6) is 0 Å². The van der Waals surface area contributed by atoms with Crippen LogP contribution < -0.4 is 10.2 Å². The van der Waals surface area contributed by atoms with Gasteiger partial charge in [-0.2, -0.15) is 0 Å². The molecule has 0 bridgehead atoms. The molecule has 2 amide bonds. The number of carbonyl (C=O) groups excluding carboxylic acids is 1. The maximum atomic E-state index is 14.4. The van der Waals surface area contributed by atoms with Crippen molar-refractivity contribution in [1.82, 2.24) is 10.3 Å². The van der Waals surface area contributed by atoms with Crippen molar-refractivity contribution in [1.29, 1.82) is 0 Å². The summed E-state index contributed by atoms with van der Waals surface area (Å²) in [5.41, 5.74) is 1.32. The van der Waals surface area contributed by atoms with Crippen molar-refractivity contribution in [2.45, 2.75) is 12.0 Å². The average Bonchev–Trinajstić information content (AvgIpc) is 3.19. The van der Waals surface area contributed by atoms with E-state index in [0.717, 1.165) is 0 Å². The van der Waals surface area contributed by atoms with Crippen molar-refractivity contribution in [3.05, 3.63) is 35.1 Å². The molecule has 1 fully saturated rings. The Labute approximate surface area is 151 Å². The Kier molecular flexibility index (Phi) is 5.05. The highest BCUT2D eigenvalue weighted by Crippen LogP contribution is 2.31. The average molecular weight is 386 g/mol. The first kappa shape index (κ1) is 17.4. The maximum absolute atomic E-state index is 14.4. The van der Waals surface area contributed by atoms with Gasteiger partial charge in [0.2, 0.25) is 0 Å². The molecular weight excluding hydrogens is 373 g/mol. The molecule has 2 N–H and O–H groups in total. The summed E-state index contributed by atoms with van der Waals surface area (Å²) in [7, 11) is 0. The summed E-state index contributed by atoms with van der Waals surface area (Å²) < 4.78 is 19.5. The lowest BCUT2D eigenvalue weighted by molar-refractivity contribution is 0.136. The van der Waals surface area contributed by atoms with E-state index in [0.29, 0.717) is 22.0 Å². The molecule has 0 saturated carbocycles. The van der Waals surface area contributed by atoms with Crippen molar-refractivity contribution in [3.8, 4) is 10.6 Å². The number of hydrogen-bond donors (Lipinski definition) is 2. The van der Waals surface area contributed by atoms with Crippen molar-refractivity contribution in [2.75, 3.05) is 18.0 Å². The van der Waals surface area contributed by atoms with E-state index in [4.69, 9.17) is 21.4 Å². The first-order valence-corrected chi connectivity index (χ1v) is 8.64. The molecule has 3 rings (SSSR count). The van der Waals surface area contributed by atoms with Crippen molar-refractivity contribution in [3.63, 3.8) is 0 Å². The van der Waals surface area contributed by atoms with Gasteiger partial charge in [-0.25, -0.2) is 19.0 Å². The Morgan fingerprint density at radius 1 is 1.56 bits per heavy atom. The summed E-state index contributed by atoms with van der Waals surface area (Å²) in [5, 5.41) is 13.0. The first-order valence-electron chi connectivity index (χ1n) is 7.23. The number of anilines is 1. The summed E-state index contributed by atoms with van der Waals surface area (Å²) in [6.45, 7) is 0.101. The van der Waals surface area contributed by atoms with Crippen LogP contribution in [0.2, 0.25) is 0 Å². The van der Waals surface area contributed by atoms with E-state index in [9.17, 15) is 14.0 Å². The third kappa shape index (κ3) is 3.83. The monoisotopic (exact) mass is 385 g/mol. The van der Waals surface area contributed by atoms with Crippen LogP contribution in [0, 0.1) is 5.82 Å². The van der Waals surface area contributed by atoms with E-state index in [1.807, 2.05) is 0 Å². The zero-order valence-electron chi connectivity index (χ0n) is 12.7. The molecule has 1 aliphatic heterocycles. The Hall–Kier alpha value is -2.39. The van der Waals surface area contributed by atoms with Crippen LogP contribution in [0.1, 0.15) is 5.69 Å². The molecular formula is C15H13ClFN3O4S. The maximum Gasteiger partial charge on any atom is 0.414 e. The highest BCUT2D eigenvalue weighted by Gasteiger charge is 2.33. The van der Waals surface area contributed by atoms with Crippen LogP contribution in [-0.4, -0.2) is 41.5 Å². The molecule has 1 aromatic carbocycles. The summed E-state index contributed by atoms with van der Waals surface area (Å²) in [6.07, 6.45) is -2.48. The Balaban J connectivity index is 1.76. The number of rotatable bonds is 5. The number of thiazole rings is 1. The van der Waals surface area contributed by atoms with Gasteiger partial charge in [0.25, 0.3) is 0 Å². The van der Waals surface area contributed by atoms with E-state index in [-0.39, 0.29) is 19.0 Å². The number of ether oxygens (including phenoxy) is 1. The van der Waals surface area contributed by atoms with Gasteiger partial charge >= 0.3 is 12.2 Å². The minimum absolute atomic E-state index is 0.0293. The van der Waals surface area contributed by atoms with Gasteiger partial charge in [-0.3, -0.25) is 4.90 Å². The number of benzene rings is 1. The third-order valence-corrected chi connectivity index (χ3v) is 4.74. The fourth-order valence-corrected chi connectivity index (χ4v) is 3.45. The predicted octanol–water partition coefficient (Wildman–Crippen LogP) is 3.28. The minimum atomic E-state index is -1.20. The summed E-state index contributed by atoms with van der Waals surface area (Å²) in [6, 6.07) is 4.36. The lowest BCUT2D eigenvalue weighted by Gasteiger charge is -2.14. The second kappa shape index (κ2) is 7.24. The predicted molar refractivity (Wildman–Crippen MR) is 90.7 cm³/mol. The lowest BCUT2D eigenvalue weighted by Crippen LogP contribution is -2.33. The third-order valence-electron chi connectivity index (χ3n) is 3.54. The molecule has 25 heavy (non-hydrogen) atoms. The van der Waals surface area contributed by atoms with E-state index >= 15 is 0 Å². The topological polar surface area (TPSA) is 91.8 Å². The molecule has 2 aromatic rings. The number of aromatic nitrogens is 1. The zero-order chi connectivity index (χ0) is 18.0. The Bertz CT molecular complexity index is 816. The van der Waals surface area contributed by atoms with Crippen LogP contribution >= 0.6 is 22.9 Å². The zero-order valence-corrected chi connectivity index (χ0v) is 14.3. The molecule has 1 aliphatic rings. The van der Waals surface area contributed by atoms with E-state index in [1.165, 1.54) is 28.4 Å². The van der Waals surface area contributed by atoms with Crippen molar-refractivity contribution >= 4 is 40.8 Å². The van der Waals surface area contributed by atoms with Gasteiger partial charge in [-0.15, -0.1) is 22.9 Å². The number of nitrogens with one attached hydrogen (secondary N) is 1. The largest absolute Gasteiger partial charge is 0.465 e. The number of carbonyl (C=O) groups is 2. The molecule has 0 unspecified atom stereocenters. The van der Waals surface area contributed by atoms with Gasteiger partial charge < -0.3 is 15.2 Å². The summed E-state index contributed by atoms with van der Waals surface area (Å²) in [5.74, 6) is -0.269. The fraction of sp³-hybridized carbons (Fsp3) is 0.267. The van der Waals surface area contributed by atoms with Gasteiger partial charge in [0.1, 0.15) is 16.9 Å². The van der Waals surface area contributed by atoms with Gasteiger partial charge in [-0.05, 0) is 18.2 Å². The minimum Gasteiger partial charge on any atom is -0.465 e. The SMILES string of the molecule is O=C(O)NC[C@H]1CN(c2ccc(-c3nc(CCl)cs3)c(F)c2)C(=O)O1. The molecule has 7 nitrogen and oxygen atoms in total. The second-order valence-corrected chi connectivity index (χ2v) is 6.37. The van der Waals surface area contributed by atoms with Crippen LogP contribution in [0.15, 0.2) is 23.6 Å². The molecule has 1 aromatic heterocycles. The van der Waals surface area contributed by atoms with Crippen LogP contribution in [-0.2, 0) is 10.6 Å². The molecule has 1 saturated heterocycles. The molecule has 0 spiro atoms. The highest BCUT2D eigenvalue weighted by molar-refractivity contribution is 7.13. The number of alkyl halides is 1. The van der Waals surface area contributed by atoms with E-state index in [1.54, 1.807) is 11.4 Å². The lowest BCUT2D eigenvalue weighted by atomic mass is 10.2. The second-order valence-electron chi connectivity index (χ2n) is 5.24. The van der Waals surface area contributed by atoms with Crippen LogP contribution in [0.25, 0.3) is 10.6 Å². The van der Waals surface area contributed by atoms with E-state index in [2.05, 4.69) is 10.3 Å². The van der Waals surface area contributed by atoms with E-state index < -0.39 is 24.1 Å². The molecule has 2 heterocycles. The van der Waals surface area contributed by atoms with Gasteiger partial charge in [0.05, 0.1) is 30.4 Å². The summed E-state index contributed by atoms with van der Waals surface area (Å²) in [4.78, 5) is 27.9.